The molecule has 0 amide bonds. The van der Waals surface area contributed by atoms with E-state index in [1.807, 2.05) is 0 Å². The summed E-state index contributed by atoms with van der Waals surface area (Å²) in [7, 11) is 0. The molecule has 0 spiro atoms. The van der Waals surface area contributed by atoms with Gasteiger partial charge in [-0.15, -0.1) is 0 Å². The smallest absolute Gasteiger partial charge is 0.306 e. The van der Waals surface area contributed by atoms with Gasteiger partial charge in [-0.3, -0.25) is 9.59 Å². The second-order valence-electron chi connectivity index (χ2n) is 9.86. The Morgan fingerprint density at radius 1 is 0.784 bits per heavy atom. The molecular weight excluding hydrogens is 468 g/mol. The van der Waals surface area contributed by atoms with E-state index in [-0.39, 0.29) is 31.6 Å². The van der Waals surface area contributed by atoms with Gasteiger partial charge in [0, 0.05) is 12.8 Å². The first kappa shape index (κ1) is 33.1. The van der Waals surface area contributed by atoms with Crippen molar-refractivity contribution in [1.29, 1.82) is 0 Å². The van der Waals surface area contributed by atoms with Gasteiger partial charge in [0.1, 0.15) is 6.61 Å². The van der Waals surface area contributed by atoms with Crippen LogP contribution in [0.3, 0.4) is 0 Å². The number of hydrogen-bond acceptors (Lipinski definition) is 6. The maximum Gasteiger partial charge on any atom is 0.306 e. The van der Waals surface area contributed by atoms with Crippen molar-refractivity contribution in [1.82, 2.24) is 0 Å². The maximum absolute atomic E-state index is 12.0. The molecule has 0 aromatic heterocycles. The van der Waals surface area contributed by atoms with Gasteiger partial charge < -0.3 is 19.3 Å². The monoisotopic (exact) mass is 520 g/mol. The second kappa shape index (κ2) is 23.2. The van der Waals surface area contributed by atoms with Crippen molar-refractivity contribution in [3.05, 3.63) is 36.5 Å². The average molecular weight is 521 g/mol. The van der Waals surface area contributed by atoms with Gasteiger partial charge >= 0.3 is 11.9 Å². The van der Waals surface area contributed by atoms with Crippen LogP contribution in [-0.2, 0) is 23.8 Å². The van der Waals surface area contributed by atoms with E-state index in [0.717, 1.165) is 51.4 Å². The van der Waals surface area contributed by atoms with Crippen molar-refractivity contribution < 1.29 is 28.9 Å². The first-order chi connectivity index (χ1) is 18.1. The van der Waals surface area contributed by atoms with Gasteiger partial charge in [-0.1, -0.05) is 95.2 Å². The zero-order valence-electron chi connectivity index (χ0n) is 23.4. The number of unbranched alkanes of at least 4 members (excludes halogenated alkanes) is 7. The molecule has 212 valence electrons. The number of rotatable bonds is 24. The number of carbonyl (C=O) groups excluding carboxylic acids is 2. The van der Waals surface area contributed by atoms with Gasteiger partial charge in [-0.05, 0) is 44.9 Å². The Hall–Kier alpha value is -1.92. The number of carbonyl (C=O) groups is 2. The lowest BCUT2D eigenvalue weighted by Crippen LogP contribution is -2.28. The molecule has 0 bridgehead atoms. The van der Waals surface area contributed by atoms with Crippen molar-refractivity contribution in [2.75, 3.05) is 13.2 Å². The Bertz CT molecular complexity index is 669. The van der Waals surface area contributed by atoms with E-state index in [1.54, 1.807) is 0 Å². The van der Waals surface area contributed by atoms with Crippen molar-refractivity contribution >= 4 is 11.9 Å². The molecule has 2 unspecified atom stereocenters. The lowest BCUT2D eigenvalue weighted by atomic mass is 10.1. The molecule has 37 heavy (non-hydrogen) atoms. The van der Waals surface area contributed by atoms with E-state index < -0.39 is 6.10 Å². The fourth-order valence-corrected chi connectivity index (χ4v) is 3.99. The van der Waals surface area contributed by atoms with Crippen LogP contribution in [0.4, 0.5) is 0 Å². The van der Waals surface area contributed by atoms with Crippen LogP contribution in [0, 0.1) is 0 Å². The molecular formula is C31H52O6. The minimum Gasteiger partial charge on any atom is -0.462 e. The van der Waals surface area contributed by atoms with Crippen LogP contribution in [0.2, 0.25) is 0 Å². The molecule has 0 saturated carbocycles. The molecule has 1 aliphatic rings. The van der Waals surface area contributed by atoms with Gasteiger partial charge in [-0.2, -0.15) is 0 Å². The summed E-state index contributed by atoms with van der Waals surface area (Å²) < 4.78 is 16.1. The molecule has 0 aliphatic carbocycles. The summed E-state index contributed by atoms with van der Waals surface area (Å²) in [4.78, 5) is 23.8. The Kier molecular flexibility index (Phi) is 20.8. The molecule has 1 aliphatic heterocycles. The van der Waals surface area contributed by atoms with Gasteiger partial charge in [0.15, 0.2) is 6.10 Å². The lowest BCUT2D eigenvalue weighted by molar-refractivity contribution is -0.161. The summed E-state index contributed by atoms with van der Waals surface area (Å²) in [5.41, 5.74) is 0. The van der Waals surface area contributed by atoms with E-state index in [0.29, 0.717) is 25.0 Å². The number of epoxide rings is 1. The SMILES string of the molecule is CCCCCCCC(=O)OC[C@H](CO)OC(=O)CCC/C=C\C/C=C\C/C=C\CC1OC1CCCCC. The molecule has 3 atom stereocenters. The molecule has 1 fully saturated rings. The molecule has 1 saturated heterocycles. The van der Waals surface area contributed by atoms with Crippen LogP contribution in [0.5, 0.6) is 0 Å². The molecule has 0 aromatic rings. The molecule has 1 N–H and O–H groups in total. The summed E-state index contributed by atoms with van der Waals surface area (Å²) in [5.74, 6) is -0.681. The fraction of sp³-hybridized carbons (Fsp3) is 0.742. The van der Waals surface area contributed by atoms with E-state index >= 15 is 0 Å². The third kappa shape index (κ3) is 19.8. The Morgan fingerprint density at radius 3 is 2.16 bits per heavy atom. The summed E-state index contributed by atoms with van der Waals surface area (Å²) >= 11 is 0. The Labute approximate surface area is 225 Å². The molecule has 6 heteroatoms. The van der Waals surface area contributed by atoms with Gasteiger partial charge in [0.25, 0.3) is 0 Å². The molecule has 1 rings (SSSR count). The maximum atomic E-state index is 12.0. The predicted molar refractivity (Wildman–Crippen MR) is 149 cm³/mol. The summed E-state index contributed by atoms with van der Waals surface area (Å²) in [6.07, 6.45) is 28.3. The summed E-state index contributed by atoms with van der Waals surface area (Å²) in [5, 5.41) is 9.40. The standard InChI is InChI=1S/C31H52O6/c1-3-5-7-14-19-23-30(33)35-26-27(25-32)36-31(34)24-20-16-13-11-9-8-10-12-15-18-22-29-28(37-29)21-17-6-4-2/h8,10-11,13,15,18,27-29,32H,3-7,9,12,14,16-17,19-26H2,1-2H3/b10-8-,13-11-,18-15-/t27-,28?,29?/m0/s1. The quantitative estimate of drug-likeness (QED) is 0.0629. The Balaban J connectivity index is 1.99. The molecule has 0 radical (unpaired) electrons. The molecule has 0 aromatic carbocycles. The lowest BCUT2D eigenvalue weighted by Gasteiger charge is -2.15. The number of aliphatic hydroxyl groups is 1. The highest BCUT2D eigenvalue weighted by molar-refractivity contribution is 5.70. The van der Waals surface area contributed by atoms with Crippen LogP contribution >= 0.6 is 0 Å². The van der Waals surface area contributed by atoms with Crippen molar-refractivity contribution in [3.8, 4) is 0 Å². The van der Waals surface area contributed by atoms with Crippen molar-refractivity contribution in [2.24, 2.45) is 0 Å². The highest BCUT2D eigenvalue weighted by Crippen LogP contribution is 2.30. The largest absolute Gasteiger partial charge is 0.462 e. The Morgan fingerprint density at radius 2 is 1.43 bits per heavy atom. The number of hydrogen-bond donors (Lipinski definition) is 1. The van der Waals surface area contributed by atoms with Gasteiger partial charge in [0.2, 0.25) is 0 Å². The molecule has 1 heterocycles. The fourth-order valence-electron chi connectivity index (χ4n) is 3.99. The molecule has 6 nitrogen and oxygen atoms in total. The van der Waals surface area contributed by atoms with Crippen LogP contribution in [-0.4, -0.2) is 48.6 Å². The highest BCUT2D eigenvalue weighted by Gasteiger charge is 2.36. The normalized spacial score (nSPS) is 18.1. The van der Waals surface area contributed by atoms with Crippen LogP contribution in [0.1, 0.15) is 117 Å². The van der Waals surface area contributed by atoms with Gasteiger partial charge in [0.05, 0.1) is 18.8 Å². The predicted octanol–water partition coefficient (Wildman–Crippen LogP) is 7.15. The minimum absolute atomic E-state index is 0.0919. The van der Waals surface area contributed by atoms with Crippen molar-refractivity contribution in [3.63, 3.8) is 0 Å². The third-order valence-electron chi connectivity index (χ3n) is 6.36. The number of allylic oxidation sites excluding steroid dienone is 5. The minimum atomic E-state index is -0.796. The first-order valence-corrected chi connectivity index (χ1v) is 14.7. The topological polar surface area (TPSA) is 85.4 Å². The summed E-state index contributed by atoms with van der Waals surface area (Å²) in [6, 6.07) is 0. The zero-order chi connectivity index (χ0) is 27.0. The second-order valence-corrected chi connectivity index (χ2v) is 9.86. The van der Waals surface area contributed by atoms with Crippen molar-refractivity contribution in [2.45, 2.75) is 135 Å². The van der Waals surface area contributed by atoms with Crippen LogP contribution < -0.4 is 0 Å². The van der Waals surface area contributed by atoms with E-state index in [4.69, 9.17) is 14.2 Å². The third-order valence-corrected chi connectivity index (χ3v) is 6.36. The number of ether oxygens (including phenoxy) is 3. The zero-order valence-corrected chi connectivity index (χ0v) is 23.4. The van der Waals surface area contributed by atoms with Crippen LogP contribution in [0.25, 0.3) is 0 Å². The van der Waals surface area contributed by atoms with Crippen LogP contribution in [0.15, 0.2) is 36.5 Å². The summed E-state index contributed by atoms with van der Waals surface area (Å²) in [6.45, 7) is 3.93. The van der Waals surface area contributed by atoms with E-state index in [9.17, 15) is 14.7 Å². The highest BCUT2D eigenvalue weighted by atomic mass is 16.6. The average Bonchev–Trinajstić information content (AvgIpc) is 3.65. The first-order valence-electron chi connectivity index (χ1n) is 14.7. The van der Waals surface area contributed by atoms with E-state index in [2.05, 4.69) is 50.3 Å². The van der Waals surface area contributed by atoms with E-state index in [1.165, 1.54) is 32.1 Å². The van der Waals surface area contributed by atoms with Gasteiger partial charge in [-0.25, -0.2) is 0 Å². The number of esters is 2. The number of aliphatic hydroxyl groups excluding tert-OH is 1.